The summed E-state index contributed by atoms with van der Waals surface area (Å²) in [6.07, 6.45) is 5.21. The normalized spacial score (nSPS) is 31.0. The van der Waals surface area contributed by atoms with Gasteiger partial charge in [0.25, 0.3) is 0 Å². The van der Waals surface area contributed by atoms with Gasteiger partial charge in [0.05, 0.1) is 0 Å². The molecule has 2 aliphatic rings. The van der Waals surface area contributed by atoms with E-state index < -0.39 is 0 Å². The molecule has 0 saturated heterocycles. The number of nitrogens with one attached hydrogen (secondary N) is 1. The third kappa shape index (κ3) is 2.23. The van der Waals surface area contributed by atoms with Crippen LogP contribution < -0.4 is 5.32 Å². The number of halogens is 1. The van der Waals surface area contributed by atoms with Crippen molar-refractivity contribution in [1.29, 1.82) is 0 Å². The molecule has 0 amide bonds. The highest BCUT2D eigenvalue weighted by atomic mass is 35.5. The minimum atomic E-state index is 0.667. The summed E-state index contributed by atoms with van der Waals surface area (Å²) in [4.78, 5) is 0. The van der Waals surface area contributed by atoms with Crippen molar-refractivity contribution in [3.05, 3.63) is 35.4 Å². The number of hydrogen-bond donors (Lipinski definition) is 1. The fraction of sp³-hybridized carbons (Fsp3) is 0.600. The summed E-state index contributed by atoms with van der Waals surface area (Å²) in [6.45, 7) is 1.13. The third-order valence-electron chi connectivity index (χ3n) is 4.44. The molecule has 1 N–H and O–H groups in total. The predicted octanol–water partition coefficient (Wildman–Crippen LogP) is 3.32. The number of benzene rings is 1. The van der Waals surface area contributed by atoms with Crippen LogP contribution in [0.2, 0.25) is 0 Å². The van der Waals surface area contributed by atoms with Gasteiger partial charge < -0.3 is 5.32 Å². The Bertz CT molecular complexity index is 390. The Kier molecular flexibility index (Phi) is 3.39. The lowest BCUT2D eigenvalue weighted by atomic mass is 9.77. The van der Waals surface area contributed by atoms with Crippen molar-refractivity contribution in [3.8, 4) is 0 Å². The Labute approximate surface area is 109 Å². The van der Waals surface area contributed by atoms with Crippen LogP contribution in [0.1, 0.15) is 36.3 Å². The second-order valence-electron chi connectivity index (χ2n) is 5.46. The summed E-state index contributed by atoms with van der Waals surface area (Å²) in [5.41, 5.74) is 3.10. The molecule has 0 aromatic heterocycles. The second-order valence-corrected chi connectivity index (χ2v) is 5.77. The van der Waals surface area contributed by atoms with Gasteiger partial charge in [-0.3, -0.25) is 0 Å². The highest BCUT2D eigenvalue weighted by Crippen LogP contribution is 2.35. The SMILES string of the molecule is ClCC1CCCC1NCC1Cc2ccccc21. The van der Waals surface area contributed by atoms with Gasteiger partial charge in [-0.2, -0.15) is 0 Å². The Morgan fingerprint density at radius 3 is 2.94 bits per heavy atom. The van der Waals surface area contributed by atoms with E-state index in [9.17, 15) is 0 Å². The average molecular weight is 250 g/mol. The van der Waals surface area contributed by atoms with Crippen molar-refractivity contribution in [3.63, 3.8) is 0 Å². The first-order chi connectivity index (χ1) is 8.38. The monoisotopic (exact) mass is 249 g/mol. The Balaban J connectivity index is 1.53. The van der Waals surface area contributed by atoms with Gasteiger partial charge >= 0.3 is 0 Å². The summed E-state index contributed by atoms with van der Waals surface area (Å²) in [6, 6.07) is 9.49. The highest BCUT2D eigenvalue weighted by Gasteiger charge is 2.29. The summed E-state index contributed by atoms with van der Waals surface area (Å²) in [5.74, 6) is 2.26. The minimum Gasteiger partial charge on any atom is -0.313 e. The van der Waals surface area contributed by atoms with Crippen molar-refractivity contribution < 1.29 is 0 Å². The smallest absolute Gasteiger partial charge is 0.0266 e. The largest absolute Gasteiger partial charge is 0.313 e. The molecule has 0 spiro atoms. The molecule has 17 heavy (non-hydrogen) atoms. The standard InChI is InChI=1S/C15H20ClN/c16-9-12-5-3-7-15(12)17-10-13-8-11-4-1-2-6-14(11)13/h1-2,4,6,12-13,15,17H,3,5,7-10H2. The predicted molar refractivity (Wildman–Crippen MR) is 72.7 cm³/mol. The molecule has 3 rings (SSSR count). The van der Waals surface area contributed by atoms with Crippen molar-refractivity contribution in [2.75, 3.05) is 12.4 Å². The zero-order valence-corrected chi connectivity index (χ0v) is 10.9. The van der Waals surface area contributed by atoms with Crippen LogP contribution in [-0.2, 0) is 6.42 Å². The molecule has 2 aliphatic carbocycles. The first-order valence-electron chi connectivity index (χ1n) is 6.75. The van der Waals surface area contributed by atoms with Gasteiger partial charge in [0.15, 0.2) is 0 Å². The van der Waals surface area contributed by atoms with Gasteiger partial charge in [-0.25, -0.2) is 0 Å². The number of hydrogen-bond acceptors (Lipinski definition) is 1. The first-order valence-corrected chi connectivity index (χ1v) is 7.29. The molecule has 1 aromatic carbocycles. The molecule has 0 bridgehead atoms. The van der Waals surface area contributed by atoms with E-state index in [1.54, 1.807) is 11.1 Å². The van der Waals surface area contributed by atoms with Crippen molar-refractivity contribution in [2.45, 2.75) is 37.6 Å². The van der Waals surface area contributed by atoms with Gasteiger partial charge in [0.1, 0.15) is 0 Å². The summed E-state index contributed by atoms with van der Waals surface area (Å²) in [7, 11) is 0. The zero-order chi connectivity index (χ0) is 11.7. The van der Waals surface area contributed by atoms with E-state index >= 15 is 0 Å². The Hall–Kier alpha value is -0.530. The average Bonchev–Trinajstić information content (AvgIpc) is 2.78. The molecule has 2 heteroatoms. The lowest BCUT2D eigenvalue weighted by molar-refractivity contribution is 0.403. The summed E-state index contributed by atoms with van der Waals surface area (Å²) in [5, 5.41) is 3.74. The van der Waals surface area contributed by atoms with Crippen molar-refractivity contribution in [2.24, 2.45) is 5.92 Å². The molecule has 1 fully saturated rings. The first kappa shape index (κ1) is 11.6. The molecule has 3 atom stereocenters. The number of alkyl halides is 1. The van der Waals surface area contributed by atoms with Crippen LogP contribution >= 0.6 is 11.6 Å². The molecule has 3 unspecified atom stereocenters. The Morgan fingerprint density at radius 2 is 2.12 bits per heavy atom. The lowest BCUT2D eigenvalue weighted by Gasteiger charge is -2.32. The van der Waals surface area contributed by atoms with Gasteiger partial charge in [0, 0.05) is 24.4 Å². The van der Waals surface area contributed by atoms with Gasteiger partial charge in [-0.1, -0.05) is 30.7 Å². The number of fused-ring (bicyclic) bond motifs is 1. The minimum absolute atomic E-state index is 0.667. The van der Waals surface area contributed by atoms with Crippen LogP contribution in [0.25, 0.3) is 0 Å². The van der Waals surface area contributed by atoms with E-state index in [4.69, 9.17) is 11.6 Å². The zero-order valence-electron chi connectivity index (χ0n) is 10.2. The fourth-order valence-electron chi connectivity index (χ4n) is 3.33. The van der Waals surface area contributed by atoms with E-state index in [1.165, 1.54) is 25.7 Å². The maximum atomic E-state index is 6.01. The topological polar surface area (TPSA) is 12.0 Å². The van der Waals surface area contributed by atoms with Gasteiger partial charge in [0.2, 0.25) is 0 Å². The molecule has 1 aromatic rings. The van der Waals surface area contributed by atoms with E-state index in [0.717, 1.165) is 18.3 Å². The van der Waals surface area contributed by atoms with Gasteiger partial charge in [-0.05, 0) is 36.3 Å². The molecule has 92 valence electrons. The molecular weight excluding hydrogens is 230 g/mol. The van der Waals surface area contributed by atoms with Crippen LogP contribution in [0.4, 0.5) is 0 Å². The molecule has 0 radical (unpaired) electrons. The third-order valence-corrected chi connectivity index (χ3v) is 4.84. The molecule has 1 nitrogen and oxygen atoms in total. The van der Waals surface area contributed by atoms with Crippen LogP contribution in [0.5, 0.6) is 0 Å². The van der Waals surface area contributed by atoms with Crippen molar-refractivity contribution in [1.82, 2.24) is 5.32 Å². The Morgan fingerprint density at radius 1 is 1.24 bits per heavy atom. The number of rotatable bonds is 4. The molecule has 0 heterocycles. The maximum absolute atomic E-state index is 6.01. The lowest BCUT2D eigenvalue weighted by Crippen LogP contribution is -2.38. The fourth-order valence-corrected chi connectivity index (χ4v) is 3.70. The second kappa shape index (κ2) is 4.99. The highest BCUT2D eigenvalue weighted by molar-refractivity contribution is 6.18. The van der Waals surface area contributed by atoms with E-state index in [0.29, 0.717) is 12.0 Å². The van der Waals surface area contributed by atoms with Crippen LogP contribution in [0.3, 0.4) is 0 Å². The summed E-state index contributed by atoms with van der Waals surface area (Å²) < 4.78 is 0. The van der Waals surface area contributed by atoms with Crippen LogP contribution in [0.15, 0.2) is 24.3 Å². The molecular formula is C15H20ClN. The summed E-state index contributed by atoms with van der Waals surface area (Å²) >= 11 is 6.01. The van der Waals surface area contributed by atoms with E-state index in [1.807, 2.05) is 0 Å². The van der Waals surface area contributed by atoms with E-state index in [-0.39, 0.29) is 0 Å². The van der Waals surface area contributed by atoms with Crippen LogP contribution in [0, 0.1) is 5.92 Å². The van der Waals surface area contributed by atoms with Gasteiger partial charge in [-0.15, -0.1) is 11.6 Å². The van der Waals surface area contributed by atoms with E-state index in [2.05, 4.69) is 29.6 Å². The molecule has 0 aliphatic heterocycles. The van der Waals surface area contributed by atoms with Crippen LogP contribution in [-0.4, -0.2) is 18.5 Å². The quantitative estimate of drug-likeness (QED) is 0.808. The molecule has 1 saturated carbocycles. The van der Waals surface area contributed by atoms with Crippen molar-refractivity contribution >= 4 is 11.6 Å². The maximum Gasteiger partial charge on any atom is 0.0266 e.